The number of fused-ring (bicyclic) bond motifs is 1. The van der Waals surface area contributed by atoms with Crippen LogP contribution in [-0.2, 0) is 4.79 Å². The van der Waals surface area contributed by atoms with Crippen LogP contribution in [0.3, 0.4) is 0 Å². The summed E-state index contributed by atoms with van der Waals surface area (Å²) in [5, 5.41) is 8.27. The first-order valence-electron chi connectivity index (χ1n) is 6.65. The number of hydrogen-bond donors (Lipinski definition) is 2. The van der Waals surface area contributed by atoms with Crippen LogP contribution in [-0.4, -0.2) is 12.0 Å². The summed E-state index contributed by atoms with van der Waals surface area (Å²) in [4.78, 5) is 11.6. The number of carbonyl (C=O) groups is 1. The fourth-order valence-electron chi connectivity index (χ4n) is 2.18. The van der Waals surface area contributed by atoms with Crippen molar-refractivity contribution >= 4 is 40.2 Å². The number of benzene rings is 1. The van der Waals surface area contributed by atoms with Crippen LogP contribution < -0.4 is 15.4 Å². The standard InChI is InChI=1S/C15H15ClN2O2S/c1-8(10-5-14(16)21-7-10)17-11-3-4-13-12(6-11)18-15(19)9(2)20-13/h3-9,17H,1-2H3,(H,18,19). The molecule has 1 aromatic carbocycles. The van der Waals surface area contributed by atoms with Crippen LogP contribution >= 0.6 is 22.9 Å². The molecule has 0 radical (unpaired) electrons. The number of halogens is 1. The third kappa shape index (κ3) is 2.99. The van der Waals surface area contributed by atoms with Gasteiger partial charge in [-0.2, -0.15) is 0 Å². The molecule has 0 spiro atoms. The highest BCUT2D eigenvalue weighted by molar-refractivity contribution is 7.14. The van der Waals surface area contributed by atoms with Gasteiger partial charge in [-0.3, -0.25) is 4.79 Å². The van der Waals surface area contributed by atoms with Crippen molar-refractivity contribution in [3.8, 4) is 5.75 Å². The Morgan fingerprint density at radius 1 is 1.43 bits per heavy atom. The largest absolute Gasteiger partial charge is 0.479 e. The highest BCUT2D eigenvalue weighted by Crippen LogP contribution is 2.34. The van der Waals surface area contributed by atoms with Crippen molar-refractivity contribution < 1.29 is 9.53 Å². The zero-order valence-electron chi connectivity index (χ0n) is 11.6. The lowest BCUT2D eigenvalue weighted by Crippen LogP contribution is -2.34. The van der Waals surface area contributed by atoms with Crippen molar-refractivity contribution in [1.29, 1.82) is 0 Å². The van der Waals surface area contributed by atoms with E-state index in [4.69, 9.17) is 16.3 Å². The first-order chi connectivity index (χ1) is 10.0. The Labute approximate surface area is 132 Å². The van der Waals surface area contributed by atoms with E-state index in [1.165, 1.54) is 11.3 Å². The molecule has 6 heteroatoms. The molecule has 0 saturated carbocycles. The van der Waals surface area contributed by atoms with Gasteiger partial charge in [-0.05, 0) is 49.1 Å². The van der Waals surface area contributed by atoms with Crippen molar-refractivity contribution in [3.63, 3.8) is 0 Å². The maximum atomic E-state index is 11.6. The number of ether oxygens (including phenoxy) is 1. The second kappa shape index (κ2) is 5.58. The normalized spacial score (nSPS) is 18.4. The summed E-state index contributed by atoms with van der Waals surface area (Å²) >= 11 is 7.47. The monoisotopic (exact) mass is 322 g/mol. The SMILES string of the molecule is CC1Oc2ccc(NC(C)c3csc(Cl)c3)cc2NC1=O. The third-order valence-electron chi connectivity index (χ3n) is 3.38. The molecule has 0 fully saturated rings. The molecule has 2 N–H and O–H groups in total. The lowest BCUT2D eigenvalue weighted by atomic mass is 10.1. The first-order valence-corrected chi connectivity index (χ1v) is 7.91. The van der Waals surface area contributed by atoms with Crippen LogP contribution in [0.25, 0.3) is 0 Å². The highest BCUT2D eigenvalue weighted by atomic mass is 35.5. The lowest BCUT2D eigenvalue weighted by Gasteiger charge is -2.24. The van der Waals surface area contributed by atoms with E-state index in [2.05, 4.69) is 17.6 Å². The number of amides is 1. The molecular formula is C15H15ClN2O2S. The number of carbonyl (C=O) groups excluding carboxylic acids is 1. The van der Waals surface area contributed by atoms with E-state index in [0.29, 0.717) is 11.4 Å². The van der Waals surface area contributed by atoms with E-state index in [-0.39, 0.29) is 11.9 Å². The fourth-order valence-corrected chi connectivity index (χ4v) is 3.17. The Kier molecular flexibility index (Phi) is 3.78. The molecule has 2 unspecified atom stereocenters. The van der Waals surface area contributed by atoms with E-state index >= 15 is 0 Å². The van der Waals surface area contributed by atoms with E-state index in [9.17, 15) is 4.79 Å². The fraction of sp³-hybridized carbons (Fsp3) is 0.267. The van der Waals surface area contributed by atoms with Gasteiger partial charge < -0.3 is 15.4 Å². The molecule has 1 aliphatic heterocycles. The van der Waals surface area contributed by atoms with Gasteiger partial charge >= 0.3 is 0 Å². The molecule has 0 bridgehead atoms. The molecule has 1 aliphatic rings. The molecular weight excluding hydrogens is 308 g/mol. The molecule has 0 aliphatic carbocycles. The van der Waals surface area contributed by atoms with E-state index in [0.717, 1.165) is 15.6 Å². The Balaban J connectivity index is 1.78. The maximum Gasteiger partial charge on any atom is 0.265 e. The third-order valence-corrected chi connectivity index (χ3v) is 4.49. The quantitative estimate of drug-likeness (QED) is 0.886. The van der Waals surface area contributed by atoms with Gasteiger partial charge in [0.05, 0.1) is 10.0 Å². The number of thiophene rings is 1. The van der Waals surface area contributed by atoms with Gasteiger partial charge in [-0.1, -0.05) is 11.6 Å². The minimum absolute atomic E-state index is 0.127. The van der Waals surface area contributed by atoms with Crippen molar-refractivity contribution in [2.24, 2.45) is 0 Å². The number of rotatable bonds is 3. The predicted molar refractivity (Wildman–Crippen MR) is 86.5 cm³/mol. The minimum atomic E-state index is -0.455. The van der Waals surface area contributed by atoms with Gasteiger partial charge in [0.1, 0.15) is 5.75 Å². The zero-order valence-corrected chi connectivity index (χ0v) is 13.2. The highest BCUT2D eigenvalue weighted by Gasteiger charge is 2.23. The Bertz CT molecular complexity index is 686. The van der Waals surface area contributed by atoms with Crippen LogP contribution in [0, 0.1) is 0 Å². The van der Waals surface area contributed by atoms with Gasteiger partial charge in [0.25, 0.3) is 5.91 Å². The van der Waals surface area contributed by atoms with Crippen molar-refractivity contribution in [3.05, 3.63) is 39.5 Å². The van der Waals surface area contributed by atoms with Gasteiger partial charge in [-0.15, -0.1) is 11.3 Å². The van der Waals surface area contributed by atoms with Crippen molar-refractivity contribution in [1.82, 2.24) is 0 Å². The van der Waals surface area contributed by atoms with E-state index < -0.39 is 6.10 Å². The van der Waals surface area contributed by atoms with E-state index in [1.807, 2.05) is 29.6 Å². The average molecular weight is 323 g/mol. The molecule has 0 saturated heterocycles. The number of nitrogens with one attached hydrogen (secondary N) is 2. The summed E-state index contributed by atoms with van der Waals surface area (Å²) in [5.74, 6) is 0.566. The second-order valence-corrected chi connectivity index (χ2v) is 6.55. The first kappa shape index (κ1) is 14.2. The van der Waals surface area contributed by atoms with Crippen molar-refractivity contribution in [2.75, 3.05) is 10.6 Å². The summed E-state index contributed by atoms with van der Waals surface area (Å²) in [6.07, 6.45) is -0.455. The molecule has 2 atom stereocenters. The number of hydrogen-bond acceptors (Lipinski definition) is 4. The van der Waals surface area contributed by atoms with Gasteiger partial charge in [0.15, 0.2) is 6.10 Å². The molecule has 110 valence electrons. The van der Waals surface area contributed by atoms with E-state index in [1.54, 1.807) is 6.92 Å². The van der Waals surface area contributed by atoms with Crippen LogP contribution in [0.2, 0.25) is 4.34 Å². The lowest BCUT2D eigenvalue weighted by molar-refractivity contribution is -0.122. The average Bonchev–Trinajstić information content (AvgIpc) is 2.87. The summed E-state index contributed by atoms with van der Waals surface area (Å²) < 4.78 is 6.31. The molecule has 21 heavy (non-hydrogen) atoms. The molecule has 3 rings (SSSR count). The Hall–Kier alpha value is -1.72. The minimum Gasteiger partial charge on any atom is -0.479 e. The molecule has 4 nitrogen and oxygen atoms in total. The van der Waals surface area contributed by atoms with Gasteiger partial charge in [0.2, 0.25) is 0 Å². The topological polar surface area (TPSA) is 50.4 Å². The van der Waals surface area contributed by atoms with Crippen LogP contribution in [0.4, 0.5) is 11.4 Å². The van der Waals surface area contributed by atoms with Gasteiger partial charge in [0, 0.05) is 11.7 Å². The molecule has 2 heterocycles. The Morgan fingerprint density at radius 3 is 2.95 bits per heavy atom. The molecule has 1 aromatic heterocycles. The second-order valence-electron chi connectivity index (χ2n) is 5.01. The maximum absolute atomic E-state index is 11.6. The smallest absolute Gasteiger partial charge is 0.265 e. The summed E-state index contributed by atoms with van der Waals surface area (Å²) in [6, 6.07) is 7.76. The zero-order chi connectivity index (χ0) is 15.0. The molecule has 2 aromatic rings. The summed E-state index contributed by atoms with van der Waals surface area (Å²) in [7, 11) is 0. The number of anilines is 2. The van der Waals surface area contributed by atoms with Crippen LogP contribution in [0.1, 0.15) is 25.5 Å². The van der Waals surface area contributed by atoms with Crippen LogP contribution in [0.15, 0.2) is 29.6 Å². The summed E-state index contributed by atoms with van der Waals surface area (Å²) in [5.41, 5.74) is 2.75. The van der Waals surface area contributed by atoms with Gasteiger partial charge in [-0.25, -0.2) is 0 Å². The Morgan fingerprint density at radius 2 is 2.24 bits per heavy atom. The molecule has 1 amide bonds. The van der Waals surface area contributed by atoms with Crippen LogP contribution in [0.5, 0.6) is 5.75 Å². The van der Waals surface area contributed by atoms with Crippen molar-refractivity contribution in [2.45, 2.75) is 26.0 Å². The summed E-state index contributed by atoms with van der Waals surface area (Å²) in [6.45, 7) is 3.79. The predicted octanol–water partition coefficient (Wildman–Crippen LogP) is 4.29.